The van der Waals surface area contributed by atoms with E-state index in [4.69, 9.17) is 5.21 Å². The average molecular weight is 193 g/mol. The van der Waals surface area contributed by atoms with Crippen molar-refractivity contribution in [1.82, 2.24) is 0 Å². The van der Waals surface area contributed by atoms with E-state index < -0.39 is 5.78 Å². The first-order valence-corrected chi connectivity index (χ1v) is 4.09. The molecule has 2 N–H and O–H groups in total. The maximum atomic E-state index is 11.5. The van der Waals surface area contributed by atoms with E-state index in [1.54, 1.807) is 12.1 Å². The van der Waals surface area contributed by atoms with E-state index in [-0.39, 0.29) is 17.0 Å². The van der Waals surface area contributed by atoms with Crippen molar-refractivity contribution in [2.45, 2.75) is 13.8 Å². The summed E-state index contributed by atoms with van der Waals surface area (Å²) >= 11 is 0. The quantitative estimate of drug-likeness (QED) is 0.325. The predicted octanol–water partition coefficient (Wildman–Crippen LogP) is 1.73. The molecule has 0 unspecified atom stereocenters. The molecule has 74 valence electrons. The molecule has 0 saturated heterocycles. The number of hydrogen-bond donors (Lipinski definition) is 2. The second-order valence-electron chi connectivity index (χ2n) is 3.04. The second-order valence-corrected chi connectivity index (χ2v) is 3.04. The molecule has 0 amide bonds. The molecular formula is C10H11NO3. The van der Waals surface area contributed by atoms with E-state index in [1.807, 2.05) is 6.92 Å². The van der Waals surface area contributed by atoms with Crippen molar-refractivity contribution < 1.29 is 15.1 Å². The molecule has 0 aliphatic rings. The van der Waals surface area contributed by atoms with Gasteiger partial charge in [0.1, 0.15) is 11.5 Å². The summed E-state index contributed by atoms with van der Waals surface area (Å²) in [6, 6.07) is 4.68. The van der Waals surface area contributed by atoms with Gasteiger partial charge in [-0.1, -0.05) is 16.8 Å². The minimum Gasteiger partial charge on any atom is -0.507 e. The number of carbonyl (C=O) groups excluding carboxylic acids is 1. The van der Waals surface area contributed by atoms with E-state index in [1.165, 1.54) is 13.0 Å². The van der Waals surface area contributed by atoms with Crippen molar-refractivity contribution in [3.63, 3.8) is 0 Å². The molecule has 0 atom stereocenters. The molecule has 0 aliphatic carbocycles. The summed E-state index contributed by atoms with van der Waals surface area (Å²) in [6.07, 6.45) is 0. The average Bonchev–Trinajstić information content (AvgIpc) is 2.19. The number of phenols is 1. The number of hydrogen-bond acceptors (Lipinski definition) is 4. The normalized spacial score (nSPS) is 11.4. The lowest BCUT2D eigenvalue weighted by molar-refractivity contribution is 0.105. The van der Waals surface area contributed by atoms with Crippen LogP contribution in [0.5, 0.6) is 5.75 Å². The lowest BCUT2D eigenvalue weighted by Gasteiger charge is -2.03. The molecule has 4 nitrogen and oxygen atoms in total. The van der Waals surface area contributed by atoms with Gasteiger partial charge in [0.15, 0.2) is 0 Å². The van der Waals surface area contributed by atoms with E-state index in [0.717, 1.165) is 5.56 Å². The van der Waals surface area contributed by atoms with Crippen LogP contribution < -0.4 is 0 Å². The Morgan fingerprint density at radius 1 is 1.43 bits per heavy atom. The van der Waals surface area contributed by atoms with Crippen molar-refractivity contribution in [2.24, 2.45) is 5.16 Å². The van der Waals surface area contributed by atoms with Gasteiger partial charge in [0.05, 0.1) is 5.56 Å². The summed E-state index contributed by atoms with van der Waals surface area (Å²) in [5.41, 5.74) is 0.961. The maximum absolute atomic E-state index is 11.5. The van der Waals surface area contributed by atoms with Crippen LogP contribution in [0.1, 0.15) is 22.8 Å². The van der Waals surface area contributed by atoms with Crippen molar-refractivity contribution in [3.8, 4) is 5.75 Å². The van der Waals surface area contributed by atoms with Crippen LogP contribution in [0.25, 0.3) is 0 Å². The standard InChI is InChI=1S/C10H11NO3/c1-6-3-4-9(12)8(5-6)10(13)7(2)11-14/h3-5,12,14H,1-2H3/b11-7-. The Morgan fingerprint density at radius 2 is 2.07 bits per heavy atom. The van der Waals surface area contributed by atoms with Crippen LogP contribution >= 0.6 is 0 Å². The van der Waals surface area contributed by atoms with Crippen LogP contribution in [0.2, 0.25) is 0 Å². The van der Waals surface area contributed by atoms with Crippen LogP contribution in [0.3, 0.4) is 0 Å². The summed E-state index contributed by atoms with van der Waals surface area (Å²) in [7, 11) is 0. The highest BCUT2D eigenvalue weighted by atomic mass is 16.4. The summed E-state index contributed by atoms with van der Waals surface area (Å²) in [5, 5.41) is 20.6. The second kappa shape index (κ2) is 3.91. The zero-order valence-electron chi connectivity index (χ0n) is 7.98. The Labute approximate surface area is 81.5 Å². The smallest absolute Gasteiger partial charge is 0.213 e. The molecule has 0 bridgehead atoms. The molecule has 1 aromatic carbocycles. The van der Waals surface area contributed by atoms with Crippen molar-refractivity contribution in [1.29, 1.82) is 0 Å². The topological polar surface area (TPSA) is 69.9 Å². The van der Waals surface area contributed by atoms with Gasteiger partial charge in [-0.25, -0.2) is 0 Å². The molecule has 0 radical (unpaired) electrons. The zero-order valence-corrected chi connectivity index (χ0v) is 7.98. The third-order valence-corrected chi connectivity index (χ3v) is 1.88. The van der Waals surface area contributed by atoms with E-state index in [9.17, 15) is 9.90 Å². The number of oxime groups is 1. The Balaban J connectivity index is 3.19. The molecule has 0 saturated carbocycles. The van der Waals surface area contributed by atoms with Crippen LogP contribution in [-0.2, 0) is 0 Å². The molecule has 14 heavy (non-hydrogen) atoms. The number of benzene rings is 1. The third-order valence-electron chi connectivity index (χ3n) is 1.88. The monoisotopic (exact) mass is 193 g/mol. The Kier molecular flexibility index (Phi) is 2.86. The fourth-order valence-electron chi connectivity index (χ4n) is 1.07. The molecule has 0 spiro atoms. The number of rotatable bonds is 2. The Hall–Kier alpha value is -1.84. The highest BCUT2D eigenvalue weighted by Gasteiger charge is 2.14. The van der Waals surface area contributed by atoms with Crippen molar-refractivity contribution in [2.75, 3.05) is 0 Å². The summed E-state index contributed by atoms with van der Waals surface area (Å²) in [4.78, 5) is 11.5. The van der Waals surface area contributed by atoms with Crippen LogP contribution in [0.15, 0.2) is 23.4 Å². The van der Waals surface area contributed by atoms with Gasteiger partial charge in [-0.15, -0.1) is 0 Å². The highest BCUT2D eigenvalue weighted by Crippen LogP contribution is 2.19. The molecule has 0 fully saturated rings. The van der Waals surface area contributed by atoms with Gasteiger partial charge in [-0.05, 0) is 26.0 Å². The minimum atomic E-state index is -0.478. The first kappa shape index (κ1) is 10.2. The largest absolute Gasteiger partial charge is 0.507 e. The van der Waals surface area contributed by atoms with Gasteiger partial charge >= 0.3 is 0 Å². The summed E-state index contributed by atoms with van der Waals surface area (Å²) in [6.45, 7) is 3.19. The predicted molar refractivity (Wildman–Crippen MR) is 52.1 cm³/mol. The number of Topliss-reactive ketones (excluding diaryl/α,β-unsaturated/α-hetero) is 1. The summed E-state index contributed by atoms with van der Waals surface area (Å²) in [5.74, 6) is -0.586. The lowest BCUT2D eigenvalue weighted by atomic mass is 10.0. The SMILES string of the molecule is C/C(=N/O)C(=O)c1cc(C)ccc1O. The Bertz CT molecular complexity index is 396. The molecular weight excluding hydrogens is 182 g/mol. The third kappa shape index (κ3) is 1.90. The maximum Gasteiger partial charge on any atom is 0.213 e. The molecule has 4 heteroatoms. The van der Waals surface area contributed by atoms with Crippen molar-refractivity contribution >= 4 is 11.5 Å². The van der Waals surface area contributed by atoms with Crippen LogP contribution in [0, 0.1) is 6.92 Å². The lowest BCUT2D eigenvalue weighted by Crippen LogP contribution is -2.10. The number of aryl methyl sites for hydroxylation is 1. The highest BCUT2D eigenvalue weighted by molar-refractivity contribution is 6.45. The van der Waals surface area contributed by atoms with E-state index >= 15 is 0 Å². The first-order valence-electron chi connectivity index (χ1n) is 4.09. The molecule has 1 rings (SSSR count). The number of nitrogens with zero attached hydrogens (tertiary/aromatic N) is 1. The molecule has 1 aromatic rings. The Morgan fingerprint density at radius 3 is 2.64 bits per heavy atom. The van der Waals surface area contributed by atoms with Crippen LogP contribution in [-0.4, -0.2) is 21.8 Å². The van der Waals surface area contributed by atoms with E-state index in [2.05, 4.69) is 5.16 Å². The number of aromatic hydroxyl groups is 1. The number of carbonyl (C=O) groups is 1. The van der Waals surface area contributed by atoms with Gasteiger partial charge in [0.25, 0.3) is 0 Å². The molecule has 0 aromatic heterocycles. The van der Waals surface area contributed by atoms with Gasteiger partial charge < -0.3 is 10.3 Å². The van der Waals surface area contributed by atoms with Gasteiger partial charge in [0.2, 0.25) is 5.78 Å². The van der Waals surface area contributed by atoms with E-state index in [0.29, 0.717) is 0 Å². The summed E-state index contributed by atoms with van der Waals surface area (Å²) < 4.78 is 0. The van der Waals surface area contributed by atoms with Crippen molar-refractivity contribution in [3.05, 3.63) is 29.3 Å². The number of phenolic OH excluding ortho intramolecular Hbond substituents is 1. The van der Waals surface area contributed by atoms with Crippen LogP contribution in [0.4, 0.5) is 0 Å². The minimum absolute atomic E-state index is 0.0501. The fourth-order valence-corrected chi connectivity index (χ4v) is 1.07. The van der Waals surface area contributed by atoms with Gasteiger partial charge in [-0.3, -0.25) is 4.79 Å². The molecule has 0 heterocycles. The van der Waals surface area contributed by atoms with Gasteiger partial charge in [0, 0.05) is 0 Å². The zero-order chi connectivity index (χ0) is 10.7. The number of ketones is 1. The van der Waals surface area contributed by atoms with Gasteiger partial charge in [-0.2, -0.15) is 0 Å². The fraction of sp³-hybridized carbons (Fsp3) is 0.200. The molecule has 0 aliphatic heterocycles. The first-order chi connectivity index (χ1) is 6.56.